The third kappa shape index (κ3) is 2.55. The standard InChI is InChI=1S/C18H16O3/c1-21-15-8-9-16-12(11-15)6-7-14(18(16)20)10-13-4-2-3-5-17(13)19/h2-5,8-11,19H,6-7H2,1H3. The zero-order chi connectivity index (χ0) is 14.8. The number of methoxy groups -OCH3 is 1. The van der Waals surface area contributed by atoms with Crippen LogP contribution < -0.4 is 4.74 Å². The Morgan fingerprint density at radius 3 is 2.71 bits per heavy atom. The molecule has 3 heteroatoms. The van der Waals surface area contributed by atoms with Crippen molar-refractivity contribution in [2.45, 2.75) is 12.8 Å². The second-order valence-electron chi connectivity index (χ2n) is 5.08. The van der Waals surface area contributed by atoms with Crippen LogP contribution in [0.2, 0.25) is 0 Å². The van der Waals surface area contributed by atoms with Crippen LogP contribution in [0.5, 0.6) is 11.5 Å². The first kappa shape index (κ1) is 13.4. The summed E-state index contributed by atoms with van der Waals surface area (Å²) in [4.78, 5) is 12.5. The van der Waals surface area contributed by atoms with Crippen molar-refractivity contribution in [2.75, 3.05) is 7.11 Å². The predicted molar refractivity (Wildman–Crippen MR) is 81.7 cm³/mol. The molecule has 106 valence electrons. The van der Waals surface area contributed by atoms with Gasteiger partial charge in [0.05, 0.1) is 7.11 Å². The molecule has 1 aliphatic carbocycles. The maximum atomic E-state index is 12.5. The molecule has 0 spiro atoms. The van der Waals surface area contributed by atoms with E-state index in [-0.39, 0.29) is 11.5 Å². The van der Waals surface area contributed by atoms with Gasteiger partial charge in [0.1, 0.15) is 11.5 Å². The van der Waals surface area contributed by atoms with E-state index in [1.807, 2.05) is 18.2 Å². The van der Waals surface area contributed by atoms with Gasteiger partial charge in [0.2, 0.25) is 0 Å². The number of fused-ring (bicyclic) bond motifs is 1. The number of benzene rings is 2. The van der Waals surface area contributed by atoms with Crippen molar-refractivity contribution in [1.29, 1.82) is 0 Å². The van der Waals surface area contributed by atoms with Crippen LogP contribution in [-0.2, 0) is 6.42 Å². The smallest absolute Gasteiger partial charge is 0.189 e. The molecular formula is C18H16O3. The fourth-order valence-electron chi connectivity index (χ4n) is 2.62. The Bertz CT molecular complexity index is 729. The molecule has 0 radical (unpaired) electrons. The minimum atomic E-state index is 0.0298. The number of allylic oxidation sites excluding steroid dienone is 1. The third-order valence-corrected chi connectivity index (χ3v) is 3.78. The molecule has 0 aromatic heterocycles. The van der Waals surface area contributed by atoms with Crippen molar-refractivity contribution in [1.82, 2.24) is 0 Å². The number of ether oxygens (including phenoxy) is 1. The number of ketones is 1. The minimum Gasteiger partial charge on any atom is -0.507 e. The normalized spacial score (nSPS) is 15.9. The number of para-hydroxylation sites is 1. The fourth-order valence-corrected chi connectivity index (χ4v) is 2.62. The number of rotatable bonds is 2. The Hall–Kier alpha value is -2.55. The lowest BCUT2D eigenvalue weighted by molar-refractivity contribution is 0.102. The van der Waals surface area contributed by atoms with E-state index < -0.39 is 0 Å². The lowest BCUT2D eigenvalue weighted by Crippen LogP contribution is -2.14. The van der Waals surface area contributed by atoms with Gasteiger partial charge in [-0.15, -0.1) is 0 Å². The van der Waals surface area contributed by atoms with Crippen molar-refractivity contribution in [2.24, 2.45) is 0 Å². The topological polar surface area (TPSA) is 46.5 Å². The molecule has 0 aliphatic heterocycles. The molecule has 1 N–H and O–H groups in total. The van der Waals surface area contributed by atoms with Crippen LogP contribution in [0.25, 0.3) is 6.08 Å². The van der Waals surface area contributed by atoms with Gasteiger partial charge in [0.15, 0.2) is 5.78 Å². The molecule has 0 unspecified atom stereocenters. The Morgan fingerprint density at radius 2 is 1.95 bits per heavy atom. The summed E-state index contributed by atoms with van der Waals surface area (Å²) in [6.07, 6.45) is 3.26. The van der Waals surface area contributed by atoms with Crippen LogP contribution in [0.15, 0.2) is 48.0 Å². The Kier molecular flexibility index (Phi) is 3.48. The quantitative estimate of drug-likeness (QED) is 0.855. The van der Waals surface area contributed by atoms with Gasteiger partial charge in [-0.2, -0.15) is 0 Å². The van der Waals surface area contributed by atoms with E-state index in [4.69, 9.17) is 4.74 Å². The van der Waals surface area contributed by atoms with E-state index >= 15 is 0 Å². The average Bonchev–Trinajstić information content (AvgIpc) is 2.51. The van der Waals surface area contributed by atoms with Crippen LogP contribution >= 0.6 is 0 Å². The van der Waals surface area contributed by atoms with Gasteiger partial charge in [-0.3, -0.25) is 4.79 Å². The number of hydrogen-bond acceptors (Lipinski definition) is 3. The summed E-state index contributed by atoms with van der Waals surface area (Å²) < 4.78 is 5.19. The molecule has 21 heavy (non-hydrogen) atoms. The van der Waals surface area contributed by atoms with Crippen LogP contribution in [0.3, 0.4) is 0 Å². The number of carbonyl (C=O) groups is 1. The first-order valence-electron chi connectivity index (χ1n) is 6.89. The van der Waals surface area contributed by atoms with Crippen molar-refractivity contribution < 1.29 is 14.6 Å². The van der Waals surface area contributed by atoms with E-state index in [0.29, 0.717) is 12.0 Å². The monoisotopic (exact) mass is 280 g/mol. The maximum absolute atomic E-state index is 12.5. The lowest BCUT2D eigenvalue weighted by atomic mass is 9.86. The number of hydrogen-bond donors (Lipinski definition) is 1. The van der Waals surface area contributed by atoms with Crippen LogP contribution in [0.1, 0.15) is 27.9 Å². The highest BCUT2D eigenvalue weighted by atomic mass is 16.5. The Balaban J connectivity index is 1.98. The maximum Gasteiger partial charge on any atom is 0.189 e. The van der Waals surface area contributed by atoms with E-state index in [1.54, 1.807) is 37.5 Å². The Labute approximate surface area is 123 Å². The number of Topliss-reactive ketones (excluding diaryl/α,β-unsaturated/α-hetero) is 1. The summed E-state index contributed by atoms with van der Waals surface area (Å²) in [5.41, 5.74) is 3.16. The zero-order valence-electron chi connectivity index (χ0n) is 11.8. The summed E-state index contributed by atoms with van der Waals surface area (Å²) in [5, 5.41) is 9.82. The second kappa shape index (κ2) is 5.44. The van der Waals surface area contributed by atoms with Crippen LogP contribution in [-0.4, -0.2) is 18.0 Å². The molecule has 3 rings (SSSR count). The van der Waals surface area contributed by atoms with Crippen LogP contribution in [0, 0.1) is 0 Å². The van der Waals surface area contributed by atoms with Crippen LogP contribution in [0.4, 0.5) is 0 Å². The first-order valence-corrected chi connectivity index (χ1v) is 6.89. The summed E-state index contributed by atoms with van der Waals surface area (Å²) in [6.45, 7) is 0. The molecule has 0 fully saturated rings. The summed E-state index contributed by atoms with van der Waals surface area (Å²) in [6, 6.07) is 12.6. The molecular weight excluding hydrogens is 264 g/mol. The summed E-state index contributed by atoms with van der Waals surface area (Å²) in [5.74, 6) is 0.996. The third-order valence-electron chi connectivity index (χ3n) is 3.78. The van der Waals surface area contributed by atoms with Crippen molar-refractivity contribution in [3.05, 3.63) is 64.7 Å². The minimum absolute atomic E-state index is 0.0298. The highest BCUT2D eigenvalue weighted by Crippen LogP contribution is 2.30. The Morgan fingerprint density at radius 1 is 1.14 bits per heavy atom. The molecule has 0 atom stereocenters. The van der Waals surface area contributed by atoms with E-state index in [2.05, 4.69) is 0 Å². The highest BCUT2D eigenvalue weighted by molar-refractivity contribution is 6.13. The molecule has 0 saturated carbocycles. The van der Waals surface area contributed by atoms with Gasteiger partial charge >= 0.3 is 0 Å². The molecule has 0 heterocycles. The van der Waals surface area contributed by atoms with Gasteiger partial charge in [-0.05, 0) is 48.7 Å². The van der Waals surface area contributed by atoms with E-state index in [9.17, 15) is 9.90 Å². The summed E-state index contributed by atoms with van der Waals surface area (Å²) >= 11 is 0. The number of carbonyl (C=O) groups excluding carboxylic acids is 1. The van der Waals surface area contributed by atoms with Gasteiger partial charge < -0.3 is 9.84 Å². The number of phenolic OH excluding ortho intramolecular Hbond substituents is 1. The highest BCUT2D eigenvalue weighted by Gasteiger charge is 2.22. The SMILES string of the molecule is COc1ccc2c(c1)CCC(=Cc1ccccc1O)C2=O. The molecule has 2 aromatic carbocycles. The van der Waals surface area contributed by atoms with Crippen molar-refractivity contribution >= 4 is 11.9 Å². The number of aryl methyl sites for hydroxylation is 1. The molecule has 0 bridgehead atoms. The van der Waals surface area contributed by atoms with Gasteiger partial charge in [-0.25, -0.2) is 0 Å². The van der Waals surface area contributed by atoms with Gasteiger partial charge in [0, 0.05) is 16.7 Å². The molecule has 2 aromatic rings. The fraction of sp³-hybridized carbons (Fsp3) is 0.167. The zero-order valence-corrected chi connectivity index (χ0v) is 11.8. The lowest BCUT2D eigenvalue weighted by Gasteiger charge is -2.18. The van der Waals surface area contributed by atoms with E-state index in [1.165, 1.54) is 0 Å². The molecule has 0 saturated heterocycles. The van der Waals surface area contributed by atoms with Crippen molar-refractivity contribution in [3.63, 3.8) is 0 Å². The largest absolute Gasteiger partial charge is 0.507 e. The molecule has 1 aliphatic rings. The van der Waals surface area contributed by atoms with Gasteiger partial charge in [-0.1, -0.05) is 18.2 Å². The number of aromatic hydroxyl groups is 1. The van der Waals surface area contributed by atoms with Crippen molar-refractivity contribution in [3.8, 4) is 11.5 Å². The first-order chi connectivity index (χ1) is 10.2. The second-order valence-corrected chi connectivity index (χ2v) is 5.08. The van der Waals surface area contributed by atoms with Gasteiger partial charge in [0.25, 0.3) is 0 Å². The van der Waals surface area contributed by atoms with E-state index in [0.717, 1.165) is 28.9 Å². The summed E-state index contributed by atoms with van der Waals surface area (Å²) in [7, 11) is 1.62. The number of phenols is 1. The predicted octanol–water partition coefficient (Wildman–Crippen LogP) is 3.61. The molecule has 3 nitrogen and oxygen atoms in total. The average molecular weight is 280 g/mol. The molecule has 0 amide bonds.